The average molecular weight is 1040 g/mol. The Kier molecular flexibility index (Phi) is 12.0. The number of fused-ring (bicyclic) bond motifs is 3. The molecule has 0 saturated heterocycles. The number of benzene rings is 6. The number of nitrogens with zero attached hydrogens (tertiary/aromatic N) is 4. The van der Waals surface area contributed by atoms with E-state index in [0.717, 1.165) is 55.8 Å². The maximum Gasteiger partial charge on any atom is 0.135 e. The van der Waals surface area contributed by atoms with Crippen molar-refractivity contribution >= 4 is 38.9 Å². The molecule has 2 aromatic heterocycles. The van der Waals surface area contributed by atoms with E-state index >= 15 is 0 Å². The Morgan fingerprint density at radius 2 is 1.15 bits per heavy atom. The van der Waals surface area contributed by atoms with E-state index in [1.807, 2.05) is 12.3 Å². The van der Waals surface area contributed by atoms with Gasteiger partial charge in [-0.15, -0.1) is 53.6 Å². The van der Waals surface area contributed by atoms with Crippen molar-refractivity contribution < 1.29 is 25.8 Å². The predicted molar refractivity (Wildman–Crippen MR) is 268 cm³/mol. The van der Waals surface area contributed by atoms with Crippen LogP contribution in [0.2, 0.25) is 0 Å². The van der Waals surface area contributed by atoms with E-state index < -0.39 is 0 Å². The number of para-hydroxylation sites is 1. The molecule has 0 radical (unpaired) electrons. The fourth-order valence-electron chi connectivity index (χ4n) is 8.58. The predicted octanol–water partition coefficient (Wildman–Crippen LogP) is 15.2. The van der Waals surface area contributed by atoms with Crippen LogP contribution in [0.4, 0.5) is 11.4 Å². The van der Waals surface area contributed by atoms with Gasteiger partial charge in [0.15, 0.2) is 0 Å². The van der Waals surface area contributed by atoms with Crippen molar-refractivity contribution in [3.8, 4) is 17.3 Å². The molecule has 9 rings (SSSR count). The molecular formula is C59H59N4OPt-3. The SMILES string of the molecule is CC(C)(C)c1cc(Oc2[c-]c3c(cc2)c2ccccc2n3-c2cc(C(C)(C)c3ccccc3)ccn2)[c-]c(N2[CH-]N(c3cc(C(C)(C)C)cc(C(C)(C)C)c3)C=C2c2ccccc2)c1.[Pt]. The van der Waals surface area contributed by atoms with Crippen LogP contribution in [-0.4, -0.2) is 9.55 Å². The first-order valence-corrected chi connectivity index (χ1v) is 22.4. The first kappa shape index (κ1) is 45.7. The number of aromatic nitrogens is 2. The first-order valence-electron chi connectivity index (χ1n) is 22.4. The number of anilines is 2. The van der Waals surface area contributed by atoms with Gasteiger partial charge >= 0.3 is 0 Å². The normalized spacial score (nSPS) is 13.6. The second kappa shape index (κ2) is 17.1. The molecule has 1 aliphatic heterocycles. The summed E-state index contributed by atoms with van der Waals surface area (Å²) in [6, 6.07) is 57.1. The van der Waals surface area contributed by atoms with Gasteiger partial charge in [-0.25, -0.2) is 4.98 Å². The maximum atomic E-state index is 6.89. The van der Waals surface area contributed by atoms with Crippen LogP contribution in [0.15, 0.2) is 152 Å². The summed E-state index contributed by atoms with van der Waals surface area (Å²) in [6.45, 7) is 27.2. The minimum atomic E-state index is -0.230. The van der Waals surface area contributed by atoms with Crippen molar-refractivity contribution in [2.45, 2.75) is 97.8 Å². The third-order valence-electron chi connectivity index (χ3n) is 12.7. The number of ether oxygens (including phenoxy) is 1. The second-order valence-electron chi connectivity index (χ2n) is 20.8. The summed E-state index contributed by atoms with van der Waals surface area (Å²) < 4.78 is 9.10. The summed E-state index contributed by atoms with van der Waals surface area (Å²) in [6.07, 6.45) is 4.16. The zero-order valence-electron chi connectivity index (χ0n) is 39.5. The Balaban J connectivity index is 0.00000576. The quantitative estimate of drug-likeness (QED) is 0.142. The molecule has 5 nitrogen and oxygen atoms in total. The zero-order valence-corrected chi connectivity index (χ0v) is 41.8. The molecule has 334 valence electrons. The molecule has 0 N–H and O–H groups in total. The molecule has 0 saturated carbocycles. The number of hydrogen-bond donors (Lipinski definition) is 0. The first-order chi connectivity index (χ1) is 30.3. The Labute approximate surface area is 401 Å². The van der Waals surface area contributed by atoms with Gasteiger partial charge in [0, 0.05) is 61.1 Å². The molecule has 0 spiro atoms. The van der Waals surface area contributed by atoms with Gasteiger partial charge in [0.25, 0.3) is 0 Å². The van der Waals surface area contributed by atoms with Crippen molar-refractivity contribution in [1.82, 2.24) is 9.55 Å². The summed E-state index contributed by atoms with van der Waals surface area (Å²) in [7, 11) is 0. The molecule has 0 aliphatic carbocycles. The molecule has 0 unspecified atom stereocenters. The van der Waals surface area contributed by atoms with E-state index in [1.165, 1.54) is 22.3 Å². The Bertz CT molecular complexity index is 3000. The smallest absolute Gasteiger partial charge is 0.135 e. The number of rotatable bonds is 8. The molecule has 3 heterocycles. The van der Waals surface area contributed by atoms with Crippen molar-refractivity contribution in [1.29, 1.82) is 0 Å². The summed E-state index contributed by atoms with van der Waals surface area (Å²) in [4.78, 5) is 9.48. The molecule has 8 aromatic rings. The van der Waals surface area contributed by atoms with Gasteiger partial charge in [-0.05, 0) is 86.0 Å². The van der Waals surface area contributed by atoms with Crippen LogP contribution in [0.5, 0.6) is 11.5 Å². The molecule has 6 heteroatoms. The van der Waals surface area contributed by atoms with Gasteiger partial charge in [0.1, 0.15) is 5.82 Å². The van der Waals surface area contributed by atoms with Gasteiger partial charge in [0.05, 0.1) is 0 Å². The zero-order chi connectivity index (χ0) is 45.2. The minimum Gasteiger partial charge on any atom is -0.509 e. The van der Waals surface area contributed by atoms with E-state index in [9.17, 15) is 0 Å². The van der Waals surface area contributed by atoms with Crippen molar-refractivity contribution in [3.63, 3.8) is 0 Å². The van der Waals surface area contributed by atoms with Crippen molar-refractivity contribution in [2.75, 3.05) is 9.80 Å². The average Bonchev–Trinajstić information content (AvgIpc) is 3.86. The van der Waals surface area contributed by atoms with Crippen LogP contribution in [-0.2, 0) is 42.7 Å². The molecule has 65 heavy (non-hydrogen) atoms. The van der Waals surface area contributed by atoms with Crippen molar-refractivity contribution in [2.24, 2.45) is 0 Å². The van der Waals surface area contributed by atoms with E-state index in [2.05, 4.69) is 249 Å². The van der Waals surface area contributed by atoms with E-state index in [1.54, 1.807) is 0 Å². The van der Waals surface area contributed by atoms with Crippen LogP contribution in [0.25, 0.3) is 33.3 Å². The Morgan fingerprint density at radius 3 is 1.82 bits per heavy atom. The van der Waals surface area contributed by atoms with E-state index in [0.29, 0.717) is 11.5 Å². The molecular weight excluding hydrogens is 976 g/mol. The molecule has 1 aliphatic rings. The van der Waals surface area contributed by atoms with Crippen LogP contribution in [0.3, 0.4) is 0 Å². The maximum absolute atomic E-state index is 6.89. The van der Waals surface area contributed by atoms with Gasteiger partial charge in [-0.2, -0.15) is 6.07 Å². The molecule has 0 atom stereocenters. The standard InChI is InChI=1S/C59H59N4O.Pt/c1-56(2,3)43-30-44(57(4,5)6)32-46(31-43)61-38-54(40-20-14-12-15-21-40)62(39-61)47-33-45(58(7,8)9)34-49(36-47)64-48-26-27-51-50-24-18-19-25-52(50)63(53(51)37-48)55-35-42(28-29-60-55)59(10,11)41-22-16-13-17-23-41;/h12-35,38-39H,1-11H3;/q-3;. The summed E-state index contributed by atoms with van der Waals surface area (Å²) in [5.41, 5.74) is 11.9. The molecule has 0 amide bonds. The summed E-state index contributed by atoms with van der Waals surface area (Å²) >= 11 is 0. The third-order valence-corrected chi connectivity index (χ3v) is 12.7. The third kappa shape index (κ3) is 9.05. The second-order valence-corrected chi connectivity index (χ2v) is 20.8. The largest absolute Gasteiger partial charge is 0.509 e. The topological polar surface area (TPSA) is 33.5 Å². The molecule has 0 fully saturated rings. The number of pyridine rings is 1. The summed E-state index contributed by atoms with van der Waals surface area (Å²) in [5, 5.41) is 2.22. The Morgan fingerprint density at radius 1 is 0.538 bits per heavy atom. The van der Waals surface area contributed by atoms with Crippen LogP contribution < -0.4 is 14.5 Å². The van der Waals surface area contributed by atoms with Gasteiger partial charge in [0.2, 0.25) is 0 Å². The molecule has 6 aromatic carbocycles. The van der Waals surface area contributed by atoms with Crippen LogP contribution in [0, 0.1) is 18.8 Å². The summed E-state index contributed by atoms with van der Waals surface area (Å²) in [5.74, 6) is 2.06. The van der Waals surface area contributed by atoms with Crippen LogP contribution >= 0.6 is 0 Å². The molecule has 0 bridgehead atoms. The fraction of sp³-hybridized carbons (Fsp3) is 0.254. The number of hydrogen-bond acceptors (Lipinski definition) is 4. The van der Waals surface area contributed by atoms with E-state index in [4.69, 9.17) is 9.72 Å². The van der Waals surface area contributed by atoms with E-state index in [-0.39, 0.29) is 42.7 Å². The van der Waals surface area contributed by atoms with Gasteiger partial charge in [-0.1, -0.05) is 167 Å². The van der Waals surface area contributed by atoms with Gasteiger partial charge in [-0.3, -0.25) is 0 Å². The monoisotopic (exact) mass is 1030 g/mol. The fourth-order valence-corrected chi connectivity index (χ4v) is 8.58. The van der Waals surface area contributed by atoms with Crippen molar-refractivity contribution in [3.05, 3.63) is 204 Å². The Hall–Kier alpha value is -5.90. The van der Waals surface area contributed by atoms with Crippen LogP contribution in [0.1, 0.15) is 110 Å². The van der Waals surface area contributed by atoms with Gasteiger partial charge < -0.3 is 19.1 Å². The minimum absolute atomic E-state index is 0.